The maximum absolute atomic E-state index is 10.5. The van der Waals surface area contributed by atoms with Gasteiger partial charge in [0.05, 0.1) is 5.92 Å². The molecule has 0 radical (unpaired) electrons. The van der Waals surface area contributed by atoms with Crippen LogP contribution in [0.2, 0.25) is 0 Å². The number of carbonyl (C=O) groups is 3. The summed E-state index contributed by atoms with van der Waals surface area (Å²) >= 11 is 0. The number of ketones is 1. The molecule has 0 fully saturated rings. The van der Waals surface area contributed by atoms with E-state index in [-0.39, 0.29) is 11.7 Å². The summed E-state index contributed by atoms with van der Waals surface area (Å²) in [5.74, 6) is -0.0648. The normalized spacial score (nSPS) is 8.13. The van der Waals surface area contributed by atoms with Crippen LogP contribution in [0.25, 0.3) is 0 Å². The van der Waals surface area contributed by atoms with Gasteiger partial charge in [-0.25, -0.2) is 9.59 Å². The molecule has 0 spiro atoms. The molecule has 84 valence electrons. The zero-order valence-electron chi connectivity index (χ0n) is 8.17. The van der Waals surface area contributed by atoms with Crippen LogP contribution in [0.15, 0.2) is 25.3 Å². The Morgan fingerprint density at radius 1 is 1.13 bits per heavy atom. The van der Waals surface area contributed by atoms with Crippen molar-refractivity contribution in [3.63, 3.8) is 0 Å². The molecule has 0 rings (SSSR count). The summed E-state index contributed by atoms with van der Waals surface area (Å²) in [5, 5.41) is 15.0. The summed E-state index contributed by atoms with van der Waals surface area (Å²) in [6.45, 7) is 8.44. The van der Waals surface area contributed by atoms with E-state index in [0.29, 0.717) is 0 Å². The van der Waals surface area contributed by atoms with E-state index in [1.54, 1.807) is 12.2 Å². The van der Waals surface area contributed by atoms with E-state index in [9.17, 15) is 14.4 Å². The average Bonchev–Trinajstić information content (AvgIpc) is 2.03. The van der Waals surface area contributed by atoms with Crippen molar-refractivity contribution >= 4 is 18.1 Å². The second-order valence-electron chi connectivity index (χ2n) is 2.24. The van der Waals surface area contributed by atoms with Crippen LogP contribution in [0, 0.1) is 5.92 Å². The molecule has 6 nitrogen and oxygen atoms in total. The van der Waals surface area contributed by atoms with Crippen LogP contribution in [-0.2, 0) is 9.53 Å². The van der Waals surface area contributed by atoms with E-state index in [1.807, 2.05) is 0 Å². The molecule has 0 bridgehead atoms. The van der Waals surface area contributed by atoms with E-state index in [4.69, 9.17) is 10.2 Å². The quantitative estimate of drug-likeness (QED) is 0.424. The van der Waals surface area contributed by atoms with Gasteiger partial charge in [0.25, 0.3) is 0 Å². The molecule has 2 N–H and O–H groups in total. The van der Waals surface area contributed by atoms with Crippen LogP contribution in [0.4, 0.5) is 9.59 Å². The Kier molecular flexibility index (Phi) is 8.69. The van der Waals surface area contributed by atoms with Gasteiger partial charge in [-0.1, -0.05) is 12.2 Å². The van der Waals surface area contributed by atoms with Crippen LogP contribution < -0.4 is 0 Å². The van der Waals surface area contributed by atoms with E-state index < -0.39 is 12.3 Å². The minimum absolute atomic E-state index is 0.0926. The molecule has 0 aliphatic heterocycles. The Morgan fingerprint density at radius 3 is 1.47 bits per heavy atom. The summed E-state index contributed by atoms with van der Waals surface area (Å²) in [6, 6.07) is 0. The molecule has 0 saturated heterocycles. The van der Waals surface area contributed by atoms with Crippen molar-refractivity contribution in [1.82, 2.24) is 0 Å². The molecule has 0 unspecified atom stereocenters. The van der Waals surface area contributed by atoms with Gasteiger partial charge in [0.1, 0.15) is 5.78 Å². The molecule has 0 aromatic rings. The third-order valence-electron chi connectivity index (χ3n) is 1.15. The summed E-state index contributed by atoms with van der Waals surface area (Å²) in [6.07, 6.45) is -0.468. The number of hydrogen-bond acceptors (Lipinski definition) is 4. The zero-order valence-corrected chi connectivity index (χ0v) is 8.17. The molecule has 0 heterocycles. The molecule has 0 aliphatic rings. The first-order valence-electron chi connectivity index (χ1n) is 3.74. The highest BCUT2D eigenvalue weighted by Gasteiger charge is 2.01. The maximum Gasteiger partial charge on any atom is 0.516 e. The van der Waals surface area contributed by atoms with Gasteiger partial charge in [-0.3, -0.25) is 4.79 Å². The largest absolute Gasteiger partial charge is 0.516 e. The topological polar surface area (TPSA) is 101 Å². The highest BCUT2D eigenvalue weighted by atomic mass is 16.7. The van der Waals surface area contributed by atoms with Gasteiger partial charge in [0.15, 0.2) is 0 Å². The Bertz CT molecular complexity index is 248. The zero-order chi connectivity index (χ0) is 12.4. The van der Waals surface area contributed by atoms with Gasteiger partial charge in [-0.05, 0) is 6.92 Å². The number of allylic oxidation sites excluding steroid dienone is 2. The Labute approximate surface area is 86.5 Å². The van der Waals surface area contributed by atoms with Crippen LogP contribution in [-0.4, -0.2) is 28.3 Å². The number of Topliss-reactive ketones (excluding diaryl/α,β-unsaturated/α-hetero) is 1. The summed E-state index contributed by atoms with van der Waals surface area (Å²) in [4.78, 5) is 28.9. The molecular weight excluding hydrogens is 204 g/mol. The third kappa shape index (κ3) is 11.9. The van der Waals surface area contributed by atoms with Crippen LogP contribution >= 0.6 is 0 Å². The lowest BCUT2D eigenvalue weighted by Crippen LogP contribution is -2.05. The Balaban J connectivity index is 0. The second-order valence-corrected chi connectivity index (χ2v) is 2.24. The summed E-state index contributed by atoms with van der Waals surface area (Å²) in [5.41, 5.74) is 0. The number of carbonyl (C=O) groups excluding carboxylic acids is 1. The number of ether oxygens (including phenoxy) is 1. The maximum atomic E-state index is 10.5. The standard InChI is InChI=1S/C7H10O.C2H2O5/c1-4-7(5-2)6(3)8;3-1(4)7-2(5)6/h4-5,7H,1-2H2,3H3;(H,3,4)(H,5,6). The molecule has 15 heavy (non-hydrogen) atoms. The van der Waals surface area contributed by atoms with Crippen LogP contribution in [0.5, 0.6) is 0 Å². The average molecular weight is 216 g/mol. The lowest BCUT2D eigenvalue weighted by atomic mass is 10.1. The lowest BCUT2D eigenvalue weighted by Gasteiger charge is -1.96. The van der Waals surface area contributed by atoms with Gasteiger partial charge in [-0.15, -0.1) is 13.2 Å². The number of rotatable bonds is 3. The van der Waals surface area contributed by atoms with Gasteiger partial charge in [0.2, 0.25) is 0 Å². The highest BCUT2D eigenvalue weighted by Crippen LogP contribution is 1.98. The van der Waals surface area contributed by atoms with E-state index in [2.05, 4.69) is 17.9 Å². The third-order valence-corrected chi connectivity index (χ3v) is 1.15. The van der Waals surface area contributed by atoms with Gasteiger partial charge >= 0.3 is 12.3 Å². The molecule has 6 heteroatoms. The Morgan fingerprint density at radius 2 is 1.47 bits per heavy atom. The van der Waals surface area contributed by atoms with Gasteiger partial charge in [-0.2, -0.15) is 0 Å². The molecule has 0 atom stereocenters. The van der Waals surface area contributed by atoms with Crippen LogP contribution in [0.3, 0.4) is 0 Å². The fourth-order valence-corrected chi connectivity index (χ4v) is 0.503. The van der Waals surface area contributed by atoms with Crippen molar-refractivity contribution in [3.05, 3.63) is 25.3 Å². The van der Waals surface area contributed by atoms with E-state index in [0.717, 1.165) is 0 Å². The number of carboxylic acid groups (broad SMARTS) is 2. The molecule has 0 aromatic carbocycles. The lowest BCUT2D eigenvalue weighted by molar-refractivity contribution is -0.118. The van der Waals surface area contributed by atoms with Crippen molar-refractivity contribution < 1.29 is 29.3 Å². The Hall–Kier alpha value is -2.11. The first-order chi connectivity index (χ1) is 6.84. The van der Waals surface area contributed by atoms with Crippen molar-refractivity contribution in [2.24, 2.45) is 5.92 Å². The van der Waals surface area contributed by atoms with E-state index in [1.165, 1.54) is 6.92 Å². The van der Waals surface area contributed by atoms with E-state index >= 15 is 0 Å². The van der Waals surface area contributed by atoms with Crippen LogP contribution in [0.1, 0.15) is 6.92 Å². The SMILES string of the molecule is C=CC(C=C)C(C)=O.O=C(O)OC(=O)O. The minimum atomic E-state index is -1.81. The summed E-state index contributed by atoms with van der Waals surface area (Å²) < 4.78 is 3.08. The first kappa shape index (κ1) is 15.4. The first-order valence-corrected chi connectivity index (χ1v) is 3.74. The van der Waals surface area contributed by atoms with Crippen molar-refractivity contribution in [3.8, 4) is 0 Å². The smallest absolute Gasteiger partial charge is 0.449 e. The van der Waals surface area contributed by atoms with Crippen molar-refractivity contribution in [1.29, 1.82) is 0 Å². The monoisotopic (exact) mass is 216 g/mol. The number of hydrogen-bond donors (Lipinski definition) is 2. The van der Waals surface area contributed by atoms with Gasteiger partial charge in [0, 0.05) is 0 Å². The molecule has 0 saturated carbocycles. The predicted octanol–water partition coefficient (Wildman–Crippen LogP) is 1.92. The van der Waals surface area contributed by atoms with Gasteiger partial charge < -0.3 is 14.9 Å². The predicted molar refractivity (Wildman–Crippen MR) is 51.7 cm³/mol. The highest BCUT2D eigenvalue weighted by molar-refractivity contribution is 5.81. The summed E-state index contributed by atoms with van der Waals surface area (Å²) in [7, 11) is 0. The molecular formula is C9H12O6. The minimum Gasteiger partial charge on any atom is -0.449 e. The second kappa shape index (κ2) is 8.49. The van der Waals surface area contributed by atoms with Crippen molar-refractivity contribution in [2.45, 2.75) is 6.92 Å². The molecule has 0 aliphatic carbocycles. The fraction of sp³-hybridized carbons (Fsp3) is 0.222. The van der Waals surface area contributed by atoms with Crippen molar-refractivity contribution in [2.75, 3.05) is 0 Å². The molecule has 0 aromatic heterocycles. The molecule has 0 amide bonds. The fourth-order valence-electron chi connectivity index (χ4n) is 0.503.